The number of benzene rings is 4. The van der Waals surface area contributed by atoms with Crippen LogP contribution in [0.15, 0.2) is 96.6 Å². The zero-order valence-corrected chi connectivity index (χ0v) is 29.6. The van der Waals surface area contributed by atoms with Crippen LogP contribution in [0.4, 0.5) is 15.8 Å². The number of halogens is 4. The van der Waals surface area contributed by atoms with E-state index in [4.69, 9.17) is 39.5 Å². The molecule has 4 aromatic rings. The third-order valence-electron chi connectivity index (χ3n) is 10.9. The molecule has 0 spiro atoms. The summed E-state index contributed by atoms with van der Waals surface area (Å²) in [4.78, 5) is 59.6. The van der Waals surface area contributed by atoms with E-state index in [1.807, 2.05) is 6.08 Å². The molecule has 4 aliphatic rings. The van der Waals surface area contributed by atoms with Crippen LogP contribution in [0, 0.1) is 29.5 Å². The molecule has 8 rings (SSSR count). The van der Waals surface area contributed by atoms with E-state index in [9.17, 15) is 23.9 Å². The lowest BCUT2D eigenvalue weighted by Crippen LogP contribution is -2.53. The normalized spacial score (nSPS) is 26.6. The molecule has 13 heteroatoms. The lowest BCUT2D eigenvalue weighted by Gasteiger charge is -2.50. The van der Waals surface area contributed by atoms with Crippen molar-refractivity contribution in [2.24, 2.45) is 23.7 Å². The number of amides is 4. The summed E-state index contributed by atoms with van der Waals surface area (Å²) in [5, 5.41) is 12.5. The molecule has 52 heavy (non-hydrogen) atoms. The number of rotatable bonds is 6. The third kappa shape index (κ3) is 5.03. The Balaban J connectivity index is 1.35. The van der Waals surface area contributed by atoms with Gasteiger partial charge in [-0.2, -0.15) is 5.01 Å². The van der Waals surface area contributed by atoms with Gasteiger partial charge in [0.2, 0.25) is 11.8 Å². The first-order valence-corrected chi connectivity index (χ1v) is 17.7. The molecule has 9 nitrogen and oxygen atoms in total. The summed E-state index contributed by atoms with van der Waals surface area (Å²) >= 11 is 19.1. The molecule has 4 aromatic carbocycles. The fourth-order valence-electron chi connectivity index (χ4n) is 8.79. The minimum atomic E-state index is -1.63. The maximum Gasteiger partial charge on any atom is 0.260 e. The predicted molar refractivity (Wildman–Crippen MR) is 193 cm³/mol. The molecular weight excluding hydrogens is 732 g/mol. The fraction of sp³-hybridized carbons (Fsp3) is 0.231. The Morgan fingerprint density at radius 1 is 0.846 bits per heavy atom. The molecule has 0 aromatic heterocycles. The van der Waals surface area contributed by atoms with Crippen molar-refractivity contribution in [3.05, 3.63) is 129 Å². The molecule has 0 bridgehead atoms. The number of hydrazine groups is 1. The van der Waals surface area contributed by atoms with E-state index in [0.717, 1.165) is 5.01 Å². The van der Waals surface area contributed by atoms with Crippen LogP contribution in [-0.4, -0.2) is 40.9 Å². The smallest absolute Gasteiger partial charge is 0.260 e. The van der Waals surface area contributed by atoms with E-state index in [1.165, 1.54) is 42.3 Å². The number of allylic oxidation sites excluding steroid dienone is 2. The summed E-state index contributed by atoms with van der Waals surface area (Å²) in [6.45, 7) is 0. The van der Waals surface area contributed by atoms with Crippen molar-refractivity contribution < 1.29 is 33.4 Å². The Morgan fingerprint density at radius 3 is 2.15 bits per heavy atom. The summed E-state index contributed by atoms with van der Waals surface area (Å²) < 4.78 is 19.4. The number of anilines is 2. The number of fused-ring (bicyclic) bond motifs is 4. The highest BCUT2D eigenvalue weighted by Gasteiger charge is 2.70. The van der Waals surface area contributed by atoms with Gasteiger partial charge in [0.15, 0.2) is 11.5 Å². The van der Waals surface area contributed by atoms with Crippen molar-refractivity contribution in [1.29, 1.82) is 0 Å². The van der Waals surface area contributed by atoms with Gasteiger partial charge in [-0.05, 0) is 103 Å². The van der Waals surface area contributed by atoms with Crippen molar-refractivity contribution in [2.45, 2.75) is 24.2 Å². The van der Waals surface area contributed by atoms with Crippen molar-refractivity contribution in [2.75, 3.05) is 17.4 Å². The molecule has 264 valence electrons. The number of hydrogen-bond donors (Lipinski definition) is 2. The quantitative estimate of drug-likeness (QED) is 0.153. The van der Waals surface area contributed by atoms with Crippen molar-refractivity contribution >= 4 is 69.8 Å². The number of carbonyl (C=O) groups is 4. The zero-order valence-electron chi connectivity index (χ0n) is 27.4. The van der Waals surface area contributed by atoms with Crippen LogP contribution in [0.1, 0.15) is 29.9 Å². The Morgan fingerprint density at radius 2 is 1.50 bits per heavy atom. The second kappa shape index (κ2) is 12.6. The molecule has 3 fully saturated rings. The number of carbonyl (C=O) groups excluding carboxylic acids is 4. The van der Waals surface area contributed by atoms with Crippen LogP contribution < -0.4 is 15.1 Å². The highest BCUT2D eigenvalue weighted by Crippen LogP contribution is 2.64. The van der Waals surface area contributed by atoms with Crippen molar-refractivity contribution in [1.82, 2.24) is 5.01 Å². The highest BCUT2D eigenvalue weighted by atomic mass is 35.5. The van der Waals surface area contributed by atoms with Gasteiger partial charge in [-0.25, -0.2) is 4.39 Å². The maximum atomic E-state index is 15.3. The van der Waals surface area contributed by atoms with Crippen LogP contribution in [0.25, 0.3) is 0 Å². The predicted octanol–water partition coefficient (Wildman–Crippen LogP) is 7.69. The van der Waals surface area contributed by atoms with E-state index < -0.39 is 58.5 Å². The van der Waals surface area contributed by atoms with Gasteiger partial charge < -0.3 is 9.84 Å². The highest BCUT2D eigenvalue weighted by molar-refractivity contribution is 6.32. The SMILES string of the molecule is COc1cc(C2C3=CCC4C(=O)N(c5ccc(Cl)cc5)C(=O)C4C3CC3C(=O)N(Nc4ccc(F)cc4)C(=O)C32c2ccc(Cl)cc2)cc(Cl)c1O. The first-order chi connectivity index (χ1) is 24.9. The summed E-state index contributed by atoms with van der Waals surface area (Å²) in [6.07, 6.45) is 2.16. The van der Waals surface area contributed by atoms with E-state index in [0.29, 0.717) is 38.1 Å². The summed E-state index contributed by atoms with van der Waals surface area (Å²) in [5.41, 5.74) is 3.58. The number of nitrogens with zero attached hydrogens (tertiary/aromatic N) is 2. The standard InChI is InChI=1S/C39H29Cl3FN3O6/c1-52-31-17-19(16-30(42)34(31)47)33-26-14-15-27-32(37(50)45(35(27)48)25-12-6-22(41)7-13-25)28(26)18-29-36(49)46(44-24-10-8-23(43)9-11-24)38(51)39(29,33)20-2-4-21(40)5-3-20/h2-14,16-17,27-29,32-33,44,47H,15,18H2,1H3. The number of imide groups is 2. The van der Waals surface area contributed by atoms with E-state index in [1.54, 1.807) is 54.6 Å². The molecule has 2 aliphatic heterocycles. The monoisotopic (exact) mass is 759 g/mol. The van der Waals surface area contributed by atoms with Crippen LogP contribution in [0.5, 0.6) is 11.5 Å². The van der Waals surface area contributed by atoms with Crippen LogP contribution >= 0.6 is 34.8 Å². The second-order valence-corrected chi connectivity index (χ2v) is 14.7. The number of phenols is 1. The molecule has 4 amide bonds. The molecule has 2 N–H and O–H groups in total. The lowest BCUT2D eigenvalue weighted by molar-refractivity contribution is -0.138. The van der Waals surface area contributed by atoms with Gasteiger partial charge in [0.25, 0.3) is 11.8 Å². The second-order valence-electron chi connectivity index (χ2n) is 13.4. The molecule has 2 heterocycles. The van der Waals surface area contributed by atoms with E-state index >= 15 is 4.79 Å². The topological polar surface area (TPSA) is 116 Å². The van der Waals surface area contributed by atoms with Gasteiger partial charge in [0.1, 0.15) is 5.82 Å². The number of ether oxygens (including phenoxy) is 1. The molecular formula is C39H29Cl3FN3O6. The molecule has 2 saturated heterocycles. The van der Waals surface area contributed by atoms with Crippen LogP contribution in [0.3, 0.4) is 0 Å². The third-order valence-corrected chi connectivity index (χ3v) is 11.7. The molecule has 6 atom stereocenters. The largest absolute Gasteiger partial charge is 0.503 e. The van der Waals surface area contributed by atoms with Crippen LogP contribution in [0.2, 0.25) is 15.1 Å². The van der Waals surface area contributed by atoms with E-state index in [2.05, 4.69) is 5.43 Å². The Hall–Kier alpha value is -4.90. The number of aromatic hydroxyl groups is 1. The summed E-state index contributed by atoms with van der Waals surface area (Å²) in [5.74, 6) is -6.90. The Labute approximate surface area is 312 Å². The summed E-state index contributed by atoms with van der Waals surface area (Å²) in [6, 6.07) is 21.5. The van der Waals surface area contributed by atoms with Crippen molar-refractivity contribution in [3.8, 4) is 11.5 Å². The number of phenolic OH excluding ortho intramolecular Hbond substituents is 1. The lowest BCUT2D eigenvalue weighted by atomic mass is 9.49. The minimum absolute atomic E-state index is 0.0424. The minimum Gasteiger partial charge on any atom is -0.503 e. The molecule has 2 aliphatic carbocycles. The van der Waals surface area contributed by atoms with Crippen molar-refractivity contribution in [3.63, 3.8) is 0 Å². The van der Waals surface area contributed by atoms with Gasteiger partial charge in [-0.1, -0.05) is 58.6 Å². The van der Waals surface area contributed by atoms with Gasteiger partial charge in [-0.15, -0.1) is 0 Å². The fourth-order valence-corrected chi connectivity index (χ4v) is 9.26. The molecule has 0 radical (unpaired) electrons. The van der Waals surface area contributed by atoms with Gasteiger partial charge in [-0.3, -0.25) is 29.5 Å². The number of nitrogens with one attached hydrogen (secondary N) is 1. The molecule has 1 saturated carbocycles. The molecule has 6 unspecified atom stereocenters. The van der Waals surface area contributed by atoms with Gasteiger partial charge in [0.05, 0.1) is 46.7 Å². The van der Waals surface area contributed by atoms with Gasteiger partial charge >= 0.3 is 0 Å². The average molecular weight is 761 g/mol. The Kier molecular flexibility index (Phi) is 8.32. The average Bonchev–Trinajstić information content (AvgIpc) is 3.51. The zero-order chi connectivity index (χ0) is 36.6. The van der Waals surface area contributed by atoms with Gasteiger partial charge in [0, 0.05) is 16.0 Å². The van der Waals surface area contributed by atoms with E-state index in [-0.39, 0.29) is 35.3 Å². The van der Waals surface area contributed by atoms with Crippen LogP contribution in [-0.2, 0) is 24.6 Å². The number of methoxy groups -OCH3 is 1. The first-order valence-electron chi connectivity index (χ1n) is 16.5. The number of hydrogen-bond acceptors (Lipinski definition) is 7. The Bertz CT molecular complexity index is 2200. The first kappa shape index (κ1) is 34.2. The maximum absolute atomic E-state index is 15.3. The summed E-state index contributed by atoms with van der Waals surface area (Å²) in [7, 11) is 1.37.